The number of hydrogen-bond donors (Lipinski definition) is 3. The molecule has 0 heterocycles. The summed E-state index contributed by atoms with van der Waals surface area (Å²) >= 11 is 0. The van der Waals surface area contributed by atoms with Crippen LogP contribution in [0.25, 0.3) is 0 Å². The lowest BCUT2D eigenvalue weighted by molar-refractivity contribution is 0.100. The van der Waals surface area contributed by atoms with E-state index in [0.717, 1.165) is 18.5 Å². The predicted molar refractivity (Wildman–Crippen MR) is 87.2 cm³/mol. The summed E-state index contributed by atoms with van der Waals surface area (Å²) < 4.78 is 0. The van der Waals surface area contributed by atoms with E-state index in [1.54, 1.807) is 18.2 Å². The Balaban J connectivity index is 1.93. The van der Waals surface area contributed by atoms with Crippen molar-refractivity contribution < 1.29 is 4.79 Å². The molecular weight excluding hydrogens is 262 g/mol. The zero-order valence-electron chi connectivity index (χ0n) is 12.2. The molecule has 2 aromatic carbocycles. The summed E-state index contributed by atoms with van der Waals surface area (Å²) in [6, 6.07) is 15.8. The lowest BCUT2D eigenvalue weighted by atomic mass is 10.1. The third kappa shape index (κ3) is 4.24. The number of benzene rings is 2. The average molecular weight is 283 g/mol. The van der Waals surface area contributed by atoms with E-state index in [1.807, 2.05) is 18.2 Å². The number of rotatable bonds is 6. The van der Waals surface area contributed by atoms with Crippen molar-refractivity contribution in [3.63, 3.8) is 0 Å². The Morgan fingerprint density at radius 3 is 2.52 bits per heavy atom. The van der Waals surface area contributed by atoms with Crippen molar-refractivity contribution >= 4 is 17.3 Å². The number of carbonyl (C=O) groups is 1. The van der Waals surface area contributed by atoms with Gasteiger partial charge in [-0.25, -0.2) is 0 Å². The third-order valence-electron chi connectivity index (χ3n) is 3.45. The number of anilines is 2. The molecule has 0 fully saturated rings. The van der Waals surface area contributed by atoms with Gasteiger partial charge in [0.05, 0.1) is 11.4 Å². The molecule has 0 radical (unpaired) electrons. The predicted octanol–water partition coefficient (Wildman–Crippen LogP) is 2.80. The van der Waals surface area contributed by atoms with Gasteiger partial charge in [0.15, 0.2) is 0 Å². The molecule has 0 aliphatic heterocycles. The number of nitrogens with two attached hydrogens (primary N) is 2. The Bertz CT molecular complexity index is 611. The van der Waals surface area contributed by atoms with Crippen LogP contribution >= 0.6 is 0 Å². The van der Waals surface area contributed by atoms with E-state index < -0.39 is 5.91 Å². The topological polar surface area (TPSA) is 81.1 Å². The molecule has 0 saturated heterocycles. The number of aryl methyl sites for hydroxylation is 1. The lowest BCUT2D eigenvalue weighted by Gasteiger charge is -2.17. The Morgan fingerprint density at radius 2 is 1.90 bits per heavy atom. The minimum Gasteiger partial charge on any atom is -0.397 e. The van der Waals surface area contributed by atoms with Gasteiger partial charge in [0, 0.05) is 11.6 Å². The third-order valence-corrected chi connectivity index (χ3v) is 3.45. The Kier molecular flexibility index (Phi) is 4.82. The maximum Gasteiger partial charge on any atom is 0.248 e. The van der Waals surface area contributed by atoms with Gasteiger partial charge in [-0.1, -0.05) is 30.3 Å². The lowest BCUT2D eigenvalue weighted by Crippen LogP contribution is -2.18. The van der Waals surface area contributed by atoms with E-state index in [4.69, 9.17) is 11.5 Å². The van der Waals surface area contributed by atoms with Crippen LogP contribution in [0.3, 0.4) is 0 Å². The number of nitrogens with one attached hydrogen (secondary N) is 1. The van der Waals surface area contributed by atoms with Gasteiger partial charge in [-0.05, 0) is 43.5 Å². The summed E-state index contributed by atoms with van der Waals surface area (Å²) in [6.45, 7) is 2.12. The molecule has 4 heteroatoms. The van der Waals surface area contributed by atoms with Crippen LogP contribution < -0.4 is 16.8 Å². The second kappa shape index (κ2) is 6.79. The zero-order valence-corrected chi connectivity index (χ0v) is 12.2. The smallest absolute Gasteiger partial charge is 0.248 e. The summed E-state index contributed by atoms with van der Waals surface area (Å²) in [5.74, 6) is -0.467. The molecule has 0 aliphatic rings. The highest BCUT2D eigenvalue weighted by Crippen LogP contribution is 2.21. The SMILES string of the molecule is CC(CCc1ccccc1)Nc1ccc(C(N)=O)cc1N. The molecule has 0 aliphatic carbocycles. The number of hydrogen-bond acceptors (Lipinski definition) is 3. The van der Waals surface area contributed by atoms with Gasteiger partial charge < -0.3 is 16.8 Å². The zero-order chi connectivity index (χ0) is 15.2. The molecule has 1 amide bonds. The fourth-order valence-electron chi connectivity index (χ4n) is 2.21. The van der Waals surface area contributed by atoms with Crippen LogP contribution in [0.5, 0.6) is 0 Å². The van der Waals surface area contributed by atoms with Crippen molar-refractivity contribution in [2.45, 2.75) is 25.8 Å². The second-order valence-electron chi connectivity index (χ2n) is 5.24. The number of carbonyl (C=O) groups excluding carboxylic acids is 1. The normalized spacial score (nSPS) is 11.9. The van der Waals surface area contributed by atoms with Crippen molar-refractivity contribution in [3.05, 3.63) is 59.7 Å². The summed E-state index contributed by atoms with van der Waals surface area (Å²) in [5, 5.41) is 3.37. The maximum atomic E-state index is 11.1. The number of nitrogen functional groups attached to an aromatic ring is 1. The van der Waals surface area contributed by atoms with Gasteiger partial charge in [0.2, 0.25) is 5.91 Å². The molecule has 0 aromatic heterocycles. The van der Waals surface area contributed by atoms with E-state index in [1.165, 1.54) is 5.56 Å². The molecule has 1 unspecified atom stereocenters. The number of amides is 1. The minimum atomic E-state index is -0.467. The molecule has 21 heavy (non-hydrogen) atoms. The first kappa shape index (κ1) is 14.9. The van der Waals surface area contributed by atoms with Crippen LogP contribution in [0.1, 0.15) is 29.3 Å². The van der Waals surface area contributed by atoms with E-state index in [0.29, 0.717) is 11.3 Å². The van der Waals surface area contributed by atoms with E-state index in [2.05, 4.69) is 24.4 Å². The first-order chi connectivity index (χ1) is 10.1. The van der Waals surface area contributed by atoms with Gasteiger partial charge in [0.1, 0.15) is 0 Å². The summed E-state index contributed by atoms with van der Waals surface area (Å²) in [6.07, 6.45) is 2.01. The van der Waals surface area contributed by atoms with Crippen molar-refractivity contribution in [1.82, 2.24) is 0 Å². The molecule has 110 valence electrons. The molecule has 2 aromatic rings. The summed E-state index contributed by atoms with van der Waals surface area (Å²) in [5.41, 5.74) is 14.3. The minimum absolute atomic E-state index is 0.284. The first-order valence-electron chi connectivity index (χ1n) is 7.06. The summed E-state index contributed by atoms with van der Waals surface area (Å²) in [7, 11) is 0. The second-order valence-corrected chi connectivity index (χ2v) is 5.24. The molecule has 1 atom stereocenters. The van der Waals surface area contributed by atoms with Gasteiger partial charge in [-0.2, -0.15) is 0 Å². The molecular formula is C17H21N3O. The van der Waals surface area contributed by atoms with Gasteiger partial charge in [-0.3, -0.25) is 4.79 Å². The average Bonchev–Trinajstić information content (AvgIpc) is 2.48. The van der Waals surface area contributed by atoms with E-state index in [-0.39, 0.29) is 6.04 Å². The molecule has 2 rings (SSSR count). The van der Waals surface area contributed by atoms with Crippen molar-refractivity contribution in [2.75, 3.05) is 11.1 Å². The molecule has 0 spiro atoms. The standard InChI is InChI=1S/C17H21N3O/c1-12(7-8-13-5-3-2-4-6-13)20-16-10-9-14(17(19)21)11-15(16)18/h2-6,9-12,20H,7-8,18H2,1H3,(H2,19,21). The maximum absolute atomic E-state index is 11.1. The highest BCUT2D eigenvalue weighted by Gasteiger charge is 2.08. The van der Waals surface area contributed by atoms with Crippen molar-refractivity contribution in [3.8, 4) is 0 Å². The fraction of sp³-hybridized carbons (Fsp3) is 0.235. The quantitative estimate of drug-likeness (QED) is 0.713. The first-order valence-corrected chi connectivity index (χ1v) is 7.06. The van der Waals surface area contributed by atoms with Crippen LogP contribution in [0.15, 0.2) is 48.5 Å². The van der Waals surface area contributed by atoms with Crippen LogP contribution in [-0.4, -0.2) is 11.9 Å². The van der Waals surface area contributed by atoms with E-state index >= 15 is 0 Å². The van der Waals surface area contributed by atoms with Crippen molar-refractivity contribution in [1.29, 1.82) is 0 Å². The Labute approximate surface area is 125 Å². The van der Waals surface area contributed by atoms with E-state index in [9.17, 15) is 4.79 Å². The molecule has 0 saturated carbocycles. The Morgan fingerprint density at radius 1 is 1.19 bits per heavy atom. The molecule has 5 N–H and O–H groups in total. The van der Waals surface area contributed by atoms with Gasteiger partial charge in [0.25, 0.3) is 0 Å². The van der Waals surface area contributed by atoms with Gasteiger partial charge in [-0.15, -0.1) is 0 Å². The van der Waals surface area contributed by atoms with Gasteiger partial charge >= 0.3 is 0 Å². The molecule has 4 nitrogen and oxygen atoms in total. The van der Waals surface area contributed by atoms with Crippen molar-refractivity contribution in [2.24, 2.45) is 5.73 Å². The largest absolute Gasteiger partial charge is 0.397 e. The monoisotopic (exact) mass is 283 g/mol. The highest BCUT2D eigenvalue weighted by molar-refractivity contribution is 5.94. The Hall–Kier alpha value is -2.49. The molecule has 0 bridgehead atoms. The highest BCUT2D eigenvalue weighted by atomic mass is 16.1. The summed E-state index contributed by atoms with van der Waals surface area (Å²) in [4.78, 5) is 11.1. The van der Waals surface area contributed by atoms with Crippen LogP contribution in [0, 0.1) is 0 Å². The van der Waals surface area contributed by atoms with Crippen LogP contribution in [0.2, 0.25) is 0 Å². The van der Waals surface area contributed by atoms with Crippen LogP contribution in [0.4, 0.5) is 11.4 Å². The number of primary amides is 1. The fourth-order valence-corrected chi connectivity index (χ4v) is 2.21. The van der Waals surface area contributed by atoms with Crippen LogP contribution in [-0.2, 0) is 6.42 Å².